The molecule has 0 aromatic heterocycles. The number of benzene rings is 2. The molecule has 0 bridgehead atoms. The van der Waals surface area contributed by atoms with Crippen LogP contribution in [0.4, 0.5) is 0 Å². The molecule has 0 radical (unpaired) electrons. The van der Waals surface area contributed by atoms with Crippen molar-refractivity contribution >= 4 is 32.4 Å². The molecule has 2 aromatic carbocycles. The largest absolute Gasteiger partial charge is 0.481 e. The molecule has 4 N–H and O–H groups in total. The third kappa shape index (κ3) is 6.35. The topological polar surface area (TPSA) is 136 Å². The first-order chi connectivity index (χ1) is 15.2. The molecule has 3 atom stereocenters. The molecule has 0 saturated carbocycles. The lowest BCUT2D eigenvalue weighted by Crippen LogP contribution is -2.55. The number of ether oxygens (including phenoxy) is 1. The molecule has 176 valence electrons. The Morgan fingerprint density at radius 2 is 1.84 bits per heavy atom. The Morgan fingerprint density at radius 3 is 2.50 bits per heavy atom. The van der Waals surface area contributed by atoms with Gasteiger partial charge in [-0.1, -0.05) is 49.7 Å². The molecule has 0 heterocycles. The van der Waals surface area contributed by atoms with Gasteiger partial charge in [-0.25, -0.2) is 8.42 Å². The highest BCUT2D eigenvalue weighted by molar-refractivity contribution is 7.92. The van der Waals surface area contributed by atoms with Gasteiger partial charge < -0.3 is 20.9 Å². The van der Waals surface area contributed by atoms with E-state index in [1.54, 1.807) is 31.4 Å². The second kappa shape index (κ2) is 12.1. The maximum atomic E-state index is 13.8. The van der Waals surface area contributed by atoms with Gasteiger partial charge in [0.1, 0.15) is 0 Å². The number of methoxy groups -OCH3 is 1. The SMILES string of the molecule is CCCC(C(NCCCOC)C(=O)[C@@H](N)CC(=O)O)S(=O)(=O)c1cccc2ccccc12. The molecule has 0 aliphatic rings. The molecule has 0 aliphatic heterocycles. The number of hydrogen-bond donors (Lipinski definition) is 3. The highest BCUT2D eigenvalue weighted by Crippen LogP contribution is 2.29. The Labute approximate surface area is 189 Å². The zero-order valence-corrected chi connectivity index (χ0v) is 19.3. The van der Waals surface area contributed by atoms with Gasteiger partial charge in [0, 0.05) is 19.1 Å². The van der Waals surface area contributed by atoms with E-state index in [1.807, 2.05) is 25.1 Å². The molecule has 0 aliphatic carbocycles. The lowest BCUT2D eigenvalue weighted by atomic mass is 9.97. The van der Waals surface area contributed by atoms with Crippen molar-refractivity contribution in [1.82, 2.24) is 5.32 Å². The summed E-state index contributed by atoms with van der Waals surface area (Å²) in [7, 11) is -2.40. The first-order valence-electron chi connectivity index (χ1n) is 10.7. The summed E-state index contributed by atoms with van der Waals surface area (Å²) < 4.78 is 32.7. The summed E-state index contributed by atoms with van der Waals surface area (Å²) in [6.07, 6.45) is 0.731. The second-order valence-corrected chi connectivity index (χ2v) is 9.87. The van der Waals surface area contributed by atoms with Crippen molar-refractivity contribution in [2.24, 2.45) is 5.73 Å². The van der Waals surface area contributed by atoms with Crippen molar-refractivity contribution in [2.75, 3.05) is 20.3 Å². The van der Waals surface area contributed by atoms with Gasteiger partial charge in [0.2, 0.25) is 0 Å². The summed E-state index contributed by atoms with van der Waals surface area (Å²) in [5, 5.41) is 12.4. The number of nitrogens with one attached hydrogen (secondary N) is 1. The number of hydrogen-bond acceptors (Lipinski definition) is 7. The van der Waals surface area contributed by atoms with Crippen LogP contribution < -0.4 is 11.1 Å². The van der Waals surface area contributed by atoms with E-state index in [4.69, 9.17) is 15.6 Å². The molecule has 0 amide bonds. The number of carbonyl (C=O) groups excluding carboxylic acids is 1. The van der Waals surface area contributed by atoms with Gasteiger partial charge >= 0.3 is 5.97 Å². The van der Waals surface area contributed by atoms with Crippen LogP contribution in [0.25, 0.3) is 10.8 Å². The minimum absolute atomic E-state index is 0.150. The van der Waals surface area contributed by atoms with E-state index in [9.17, 15) is 18.0 Å². The van der Waals surface area contributed by atoms with E-state index in [0.29, 0.717) is 31.4 Å². The molecule has 2 aromatic rings. The van der Waals surface area contributed by atoms with Crippen molar-refractivity contribution in [3.05, 3.63) is 42.5 Å². The highest BCUT2D eigenvalue weighted by atomic mass is 32.2. The summed E-state index contributed by atoms with van der Waals surface area (Å²) in [5.74, 6) is -1.83. The minimum atomic E-state index is -3.96. The second-order valence-electron chi connectivity index (χ2n) is 7.73. The average molecular weight is 465 g/mol. The summed E-state index contributed by atoms with van der Waals surface area (Å²) in [6, 6.07) is 9.78. The van der Waals surface area contributed by atoms with E-state index in [1.165, 1.54) is 0 Å². The number of carboxylic acid groups (broad SMARTS) is 1. The van der Waals surface area contributed by atoms with Gasteiger partial charge in [-0.15, -0.1) is 0 Å². The number of nitrogens with two attached hydrogens (primary N) is 1. The van der Waals surface area contributed by atoms with Gasteiger partial charge in [0.15, 0.2) is 15.6 Å². The zero-order chi connectivity index (χ0) is 23.7. The Balaban J connectivity index is 2.51. The fourth-order valence-electron chi connectivity index (χ4n) is 3.80. The standard InChI is InChI=1S/C23H32N2O6S/c1-3-8-20(22(25-13-7-14-31-2)23(28)18(24)15-21(26)27)32(29,30)19-12-6-10-16-9-4-5-11-17(16)19/h4-6,9-12,18,20,22,25H,3,7-8,13-15,24H2,1-2H3,(H,26,27)/t18-,20?,22?/m0/s1. The number of fused-ring (bicyclic) bond motifs is 1. The molecule has 9 heteroatoms. The van der Waals surface area contributed by atoms with E-state index >= 15 is 0 Å². The first kappa shape index (κ1) is 25.9. The predicted octanol–water partition coefficient (Wildman–Crippen LogP) is 2.15. The molecule has 0 fully saturated rings. The predicted molar refractivity (Wildman–Crippen MR) is 123 cm³/mol. The number of Topliss-reactive ketones (excluding diaryl/α,β-unsaturated/α-hetero) is 1. The van der Waals surface area contributed by atoms with E-state index in [-0.39, 0.29) is 11.3 Å². The molecular weight excluding hydrogens is 432 g/mol. The maximum Gasteiger partial charge on any atom is 0.305 e. The van der Waals surface area contributed by atoms with Gasteiger partial charge in [0.05, 0.1) is 28.6 Å². The van der Waals surface area contributed by atoms with E-state index in [2.05, 4.69) is 5.32 Å². The van der Waals surface area contributed by atoms with Crippen LogP contribution >= 0.6 is 0 Å². The Kier molecular flexibility index (Phi) is 9.77. The van der Waals surface area contributed by atoms with E-state index in [0.717, 1.165) is 5.39 Å². The number of carboxylic acids is 1. The summed E-state index contributed by atoms with van der Waals surface area (Å²) in [5.41, 5.74) is 5.87. The molecular formula is C23H32N2O6S. The van der Waals surface area contributed by atoms with E-state index < -0.39 is 45.3 Å². The molecule has 2 rings (SSSR count). The summed E-state index contributed by atoms with van der Waals surface area (Å²) in [4.78, 5) is 24.4. The lowest BCUT2D eigenvalue weighted by molar-refractivity contribution is -0.139. The van der Waals surface area contributed by atoms with Crippen molar-refractivity contribution in [3.8, 4) is 0 Å². The van der Waals surface area contributed by atoms with Crippen molar-refractivity contribution in [2.45, 2.75) is 54.8 Å². The van der Waals surface area contributed by atoms with Crippen molar-refractivity contribution in [3.63, 3.8) is 0 Å². The highest BCUT2D eigenvalue weighted by Gasteiger charge is 2.40. The average Bonchev–Trinajstić information content (AvgIpc) is 2.76. The number of sulfone groups is 1. The number of ketones is 1. The lowest BCUT2D eigenvalue weighted by Gasteiger charge is -2.29. The van der Waals surface area contributed by atoms with Crippen LogP contribution in [0.2, 0.25) is 0 Å². The number of aliphatic carboxylic acids is 1. The van der Waals surface area contributed by atoms with Crippen LogP contribution in [0.15, 0.2) is 47.4 Å². The van der Waals surface area contributed by atoms with Crippen LogP contribution in [0, 0.1) is 0 Å². The fourth-order valence-corrected chi connectivity index (χ4v) is 6.02. The van der Waals surface area contributed by atoms with Crippen molar-refractivity contribution < 1.29 is 27.9 Å². The van der Waals surface area contributed by atoms with Crippen molar-refractivity contribution in [1.29, 1.82) is 0 Å². The summed E-state index contributed by atoms with van der Waals surface area (Å²) >= 11 is 0. The molecule has 8 nitrogen and oxygen atoms in total. The Bertz CT molecular complexity index is 1020. The molecule has 2 unspecified atom stereocenters. The fraction of sp³-hybridized carbons (Fsp3) is 0.478. The van der Waals surface area contributed by atoms with Crippen LogP contribution in [0.5, 0.6) is 0 Å². The number of carbonyl (C=O) groups is 2. The first-order valence-corrected chi connectivity index (χ1v) is 12.2. The minimum Gasteiger partial charge on any atom is -0.481 e. The third-order valence-corrected chi connectivity index (χ3v) is 7.63. The normalized spacial score (nSPS) is 14.7. The van der Waals surface area contributed by atoms with Crippen LogP contribution in [0.3, 0.4) is 0 Å². The monoisotopic (exact) mass is 464 g/mol. The van der Waals surface area contributed by atoms with Gasteiger partial charge in [-0.3, -0.25) is 9.59 Å². The van der Waals surface area contributed by atoms with Crippen LogP contribution in [-0.2, 0) is 24.2 Å². The maximum absolute atomic E-state index is 13.8. The molecule has 0 spiro atoms. The van der Waals surface area contributed by atoms with Gasteiger partial charge in [-0.05, 0) is 30.8 Å². The van der Waals surface area contributed by atoms with Crippen LogP contribution in [0.1, 0.15) is 32.6 Å². The Hall–Kier alpha value is -2.33. The number of rotatable bonds is 14. The zero-order valence-electron chi connectivity index (χ0n) is 18.5. The quantitative estimate of drug-likeness (QED) is 0.362. The van der Waals surface area contributed by atoms with Gasteiger partial charge in [-0.2, -0.15) is 0 Å². The molecule has 0 saturated heterocycles. The van der Waals surface area contributed by atoms with Gasteiger partial charge in [0.25, 0.3) is 0 Å². The summed E-state index contributed by atoms with van der Waals surface area (Å²) in [6.45, 7) is 2.61. The molecule has 32 heavy (non-hydrogen) atoms. The smallest absolute Gasteiger partial charge is 0.305 e. The third-order valence-electron chi connectivity index (χ3n) is 5.36. The Morgan fingerprint density at radius 1 is 1.16 bits per heavy atom. The van der Waals surface area contributed by atoms with Crippen LogP contribution in [-0.4, -0.2) is 62.9 Å².